The van der Waals surface area contributed by atoms with Crippen molar-refractivity contribution in [2.24, 2.45) is 0 Å². The van der Waals surface area contributed by atoms with Crippen molar-refractivity contribution in [2.45, 2.75) is 13.0 Å². The van der Waals surface area contributed by atoms with Crippen molar-refractivity contribution in [3.63, 3.8) is 0 Å². The number of nitrogens with one attached hydrogen (secondary N) is 2. The first kappa shape index (κ1) is 9.48. The summed E-state index contributed by atoms with van der Waals surface area (Å²) in [4.78, 5) is 13.3. The normalized spacial score (nSPS) is 24.2. The van der Waals surface area contributed by atoms with Crippen molar-refractivity contribution >= 4 is 5.91 Å². The molecule has 0 spiro atoms. The van der Waals surface area contributed by atoms with Crippen LogP contribution in [0.25, 0.3) is 0 Å². The Bertz CT molecular complexity index is 160. The highest BCUT2D eigenvalue weighted by atomic mass is 16.2. The van der Waals surface area contributed by atoms with E-state index in [2.05, 4.69) is 17.6 Å². The third kappa shape index (κ3) is 2.46. The fourth-order valence-corrected chi connectivity index (χ4v) is 1.42. The summed E-state index contributed by atoms with van der Waals surface area (Å²) in [6.45, 7) is 5.13. The van der Waals surface area contributed by atoms with E-state index >= 15 is 0 Å². The highest BCUT2D eigenvalue weighted by molar-refractivity contribution is 5.78. The van der Waals surface area contributed by atoms with Crippen LogP contribution < -0.4 is 10.6 Å². The van der Waals surface area contributed by atoms with Crippen LogP contribution in [0.2, 0.25) is 0 Å². The van der Waals surface area contributed by atoms with Crippen molar-refractivity contribution < 1.29 is 4.79 Å². The van der Waals surface area contributed by atoms with E-state index in [0.717, 1.165) is 19.6 Å². The van der Waals surface area contributed by atoms with Gasteiger partial charge >= 0.3 is 0 Å². The van der Waals surface area contributed by atoms with Crippen molar-refractivity contribution in [3.05, 3.63) is 0 Å². The lowest BCUT2D eigenvalue weighted by atomic mass is 10.2. The largest absolute Gasteiger partial charge is 0.339 e. The van der Waals surface area contributed by atoms with Crippen LogP contribution in [0.15, 0.2) is 0 Å². The van der Waals surface area contributed by atoms with E-state index < -0.39 is 0 Å². The Labute approximate surface area is 73.3 Å². The molecule has 4 heteroatoms. The lowest BCUT2D eigenvalue weighted by Crippen LogP contribution is -2.52. The number of carbonyl (C=O) groups is 1. The van der Waals surface area contributed by atoms with Crippen LogP contribution in [0, 0.1) is 0 Å². The van der Waals surface area contributed by atoms with Gasteiger partial charge in [-0.1, -0.05) is 0 Å². The summed E-state index contributed by atoms with van der Waals surface area (Å²) in [5.41, 5.74) is 0. The lowest BCUT2D eigenvalue weighted by Gasteiger charge is -2.31. The van der Waals surface area contributed by atoms with Gasteiger partial charge in [0, 0.05) is 25.7 Å². The number of nitrogens with zero attached hydrogens (tertiary/aromatic N) is 1. The van der Waals surface area contributed by atoms with E-state index in [1.54, 1.807) is 7.05 Å². The number of piperazine rings is 1. The Hall–Kier alpha value is -0.610. The summed E-state index contributed by atoms with van der Waals surface area (Å²) in [6.07, 6.45) is 0. The van der Waals surface area contributed by atoms with Gasteiger partial charge in [0.2, 0.25) is 5.91 Å². The van der Waals surface area contributed by atoms with Crippen LogP contribution in [-0.4, -0.2) is 50.1 Å². The standard InChI is InChI=1S/C8H17N3O/c1-7-6-11(4-3-10-7)8(12)5-9-2/h7,9-10H,3-6H2,1-2H3/t7-/m1/s1. The predicted octanol–water partition coefficient (Wildman–Crippen LogP) is -0.974. The Kier molecular flexibility index (Phi) is 3.49. The summed E-state index contributed by atoms with van der Waals surface area (Å²) in [7, 11) is 1.80. The third-order valence-electron chi connectivity index (χ3n) is 2.05. The van der Waals surface area contributed by atoms with Gasteiger partial charge in [-0.25, -0.2) is 0 Å². The molecule has 0 bridgehead atoms. The van der Waals surface area contributed by atoms with E-state index in [1.807, 2.05) is 4.90 Å². The van der Waals surface area contributed by atoms with Gasteiger partial charge in [0.25, 0.3) is 0 Å². The van der Waals surface area contributed by atoms with Crippen LogP contribution in [0.1, 0.15) is 6.92 Å². The Morgan fingerprint density at radius 3 is 3.08 bits per heavy atom. The van der Waals surface area contributed by atoms with Crippen LogP contribution in [-0.2, 0) is 4.79 Å². The molecule has 0 aromatic carbocycles. The molecule has 1 heterocycles. The molecular formula is C8H17N3O. The minimum absolute atomic E-state index is 0.200. The smallest absolute Gasteiger partial charge is 0.236 e. The first-order valence-corrected chi connectivity index (χ1v) is 4.40. The van der Waals surface area contributed by atoms with E-state index in [0.29, 0.717) is 12.6 Å². The van der Waals surface area contributed by atoms with E-state index in [-0.39, 0.29) is 5.91 Å². The van der Waals surface area contributed by atoms with Gasteiger partial charge in [-0.05, 0) is 14.0 Å². The number of hydrogen-bond donors (Lipinski definition) is 2. The van der Waals surface area contributed by atoms with Crippen molar-refractivity contribution in [2.75, 3.05) is 33.2 Å². The SMILES string of the molecule is CNCC(=O)N1CCN[C@H](C)C1. The zero-order valence-corrected chi connectivity index (χ0v) is 7.76. The first-order chi connectivity index (χ1) is 5.74. The van der Waals surface area contributed by atoms with Gasteiger partial charge in [-0.15, -0.1) is 0 Å². The number of amides is 1. The van der Waals surface area contributed by atoms with Crippen molar-refractivity contribution in [3.8, 4) is 0 Å². The monoisotopic (exact) mass is 171 g/mol. The van der Waals surface area contributed by atoms with E-state index in [9.17, 15) is 4.79 Å². The van der Waals surface area contributed by atoms with Crippen LogP contribution in [0.4, 0.5) is 0 Å². The maximum atomic E-state index is 11.4. The van der Waals surface area contributed by atoms with E-state index in [4.69, 9.17) is 0 Å². The highest BCUT2D eigenvalue weighted by Crippen LogP contribution is 1.97. The molecule has 1 aliphatic heterocycles. The zero-order valence-electron chi connectivity index (χ0n) is 7.76. The fourth-order valence-electron chi connectivity index (χ4n) is 1.42. The number of carbonyl (C=O) groups excluding carboxylic acids is 1. The average molecular weight is 171 g/mol. The maximum absolute atomic E-state index is 11.4. The quantitative estimate of drug-likeness (QED) is 0.561. The molecule has 1 atom stereocenters. The van der Waals surface area contributed by atoms with Gasteiger partial charge in [0.15, 0.2) is 0 Å². The maximum Gasteiger partial charge on any atom is 0.236 e. The molecule has 12 heavy (non-hydrogen) atoms. The molecule has 70 valence electrons. The summed E-state index contributed by atoms with van der Waals surface area (Å²) < 4.78 is 0. The molecule has 1 fully saturated rings. The summed E-state index contributed by atoms with van der Waals surface area (Å²) >= 11 is 0. The molecule has 1 saturated heterocycles. The summed E-state index contributed by atoms with van der Waals surface area (Å²) in [5.74, 6) is 0.200. The highest BCUT2D eigenvalue weighted by Gasteiger charge is 2.19. The molecule has 0 aliphatic carbocycles. The minimum Gasteiger partial charge on any atom is -0.339 e. The van der Waals surface area contributed by atoms with Gasteiger partial charge < -0.3 is 15.5 Å². The second-order valence-corrected chi connectivity index (χ2v) is 3.23. The topological polar surface area (TPSA) is 44.4 Å². The molecule has 0 aromatic heterocycles. The summed E-state index contributed by atoms with van der Waals surface area (Å²) in [5, 5.41) is 6.16. The van der Waals surface area contributed by atoms with Crippen molar-refractivity contribution in [1.29, 1.82) is 0 Å². The predicted molar refractivity (Wildman–Crippen MR) is 48.0 cm³/mol. The fraction of sp³-hybridized carbons (Fsp3) is 0.875. The molecule has 1 rings (SSSR count). The Balaban J connectivity index is 2.35. The Morgan fingerprint density at radius 1 is 1.75 bits per heavy atom. The second kappa shape index (κ2) is 4.42. The van der Waals surface area contributed by atoms with Gasteiger partial charge in [0.1, 0.15) is 0 Å². The molecule has 0 aromatic rings. The van der Waals surface area contributed by atoms with Crippen LogP contribution in [0.3, 0.4) is 0 Å². The second-order valence-electron chi connectivity index (χ2n) is 3.23. The number of rotatable bonds is 2. The first-order valence-electron chi connectivity index (χ1n) is 4.40. The van der Waals surface area contributed by atoms with E-state index in [1.165, 1.54) is 0 Å². The zero-order chi connectivity index (χ0) is 8.97. The molecule has 0 unspecified atom stereocenters. The molecule has 4 nitrogen and oxygen atoms in total. The number of hydrogen-bond acceptors (Lipinski definition) is 3. The molecule has 1 aliphatic rings. The van der Waals surface area contributed by atoms with Crippen LogP contribution in [0.5, 0.6) is 0 Å². The number of likely N-dealkylation sites (N-methyl/N-ethyl adjacent to an activating group) is 1. The van der Waals surface area contributed by atoms with Gasteiger partial charge in [0.05, 0.1) is 6.54 Å². The molecule has 0 saturated carbocycles. The van der Waals surface area contributed by atoms with Gasteiger partial charge in [-0.3, -0.25) is 4.79 Å². The minimum atomic E-state index is 0.200. The molecule has 0 radical (unpaired) electrons. The third-order valence-corrected chi connectivity index (χ3v) is 2.05. The average Bonchev–Trinajstić information content (AvgIpc) is 2.05. The Morgan fingerprint density at radius 2 is 2.50 bits per heavy atom. The molecular weight excluding hydrogens is 154 g/mol. The molecule has 2 N–H and O–H groups in total. The van der Waals surface area contributed by atoms with Crippen molar-refractivity contribution in [1.82, 2.24) is 15.5 Å². The molecule has 1 amide bonds. The van der Waals surface area contributed by atoms with Gasteiger partial charge in [-0.2, -0.15) is 0 Å². The lowest BCUT2D eigenvalue weighted by molar-refractivity contribution is -0.131. The summed E-state index contributed by atoms with van der Waals surface area (Å²) in [6, 6.07) is 0.430. The van der Waals surface area contributed by atoms with Crippen LogP contribution >= 0.6 is 0 Å².